The number of aliphatic hydroxyl groups excluding tert-OH is 2. The number of carbonyl (C=O) groups is 2. The van der Waals surface area contributed by atoms with Gasteiger partial charge in [0.25, 0.3) is 0 Å². The summed E-state index contributed by atoms with van der Waals surface area (Å²) >= 11 is 0. The number of esters is 2. The first-order valence-corrected chi connectivity index (χ1v) is 33.5. The average Bonchev–Trinajstić information content (AvgIpc) is 3.61. The second-order valence-electron chi connectivity index (χ2n) is 24.4. The molecule has 22 heteroatoms. The number of rotatable bonds is 14. The van der Waals surface area contributed by atoms with Crippen molar-refractivity contribution in [3.63, 3.8) is 0 Å². The van der Waals surface area contributed by atoms with Gasteiger partial charge in [0.15, 0.2) is 0 Å². The lowest BCUT2D eigenvalue weighted by molar-refractivity contribution is -0.150. The SMILES string of the molecule is CNC1CCC(=NO)CC1.CNC1CCC(N)CC1.CNC1CCC(OC(=O)CN)CC1.CNC1CCCC(O)C1.CNC1CCCC(OC)C1.CNC1CCCCC1O.CNC1CCCCC1OC.CNC1CCCCC1OC(=O)CN.COC. The molecule has 0 saturated heterocycles. The van der Waals surface area contributed by atoms with Crippen LogP contribution in [-0.4, -0.2) is 222 Å². The highest BCUT2D eigenvalue weighted by Gasteiger charge is 2.28. The summed E-state index contributed by atoms with van der Waals surface area (Å²) in [7, 11) is 22.7. The first kappa shape index (κ1) is 83.8. The molecule has 22 nitrogen and oxygen atoms in total. The molecule has 0 aromatic rings. The molecule has 0 spiro atoms. The summed E-state index contributed by atoms with van der Waals surface area (Å²) in [4.78, 5) is 21.8. The monoisotopic (exact) mass is 1230 g/mol. The van der Waals surface area contributed by atoms with E-state index in [1.165, 1.54) is 109 Å². The normalized spacial score (nSPS) is 31.4. The molecule has 0 bridgehead atoms. The molecular formula is C64H136N12O10. The molecule has 8 rings (SSSR count). The van der Waals surface area contributed by atoms with Gasteiger partial charge in [-0.2, -0.15) is 0 Å². The fraction of sp³-hybridized carbons (Fsp3) is 0.953. The summed E-state index contributed by atoms with van der Waals surface area (Å²) in [6.45, 7) is -0.0289. The third-order valence-electron chi connectivity index (χ3n) is 18.3. The predicted octanol–water partition coefficient (Wildman–Crippen LogP) is 5.10. The van der Waals surface area contributed by atoms with Gasteiger partial charge in [0.2, 0.25) is 0 Å². The summed E-state index contributed by atoms with van der Waals surface area (Å²) in [5.74, 6) is -0.583. The number of nitrogens with two attached hydrogens (primary N) is 3. The van der Waals surface area contributed by atoms with Crippen LogP contribution in [0.25, 0.3) is 0 Å². The molecule has 8 aliphatic rings. The van der Waals surface area contributed by atoms with E-state index >= 15 is 0 Å². The fourth-order valence-electron chi connectivity index (χ4n) is 12.4. The Bertz CT molecular complexity index is 1560. The Labute approximate surface area is 523 Å². The van der Waals surface area contributed by atoms with E-state index in [0.29, 0.717) is 60.5 Å². The molecular weight excluding hydrogens is 1100 g/mol. The van der Waals surface area contributed by atoms with Crippen molar-refractivity contribution in [2.24, 2.45) is 22.4 Å². The van der Waals surface area contributed by atoms with E-state index in [9.17, 15) is 19.8 Å². The first-order valence-electron chi connectivity index (χ1n) is 33.5. The number of hydrogen-bond acceptors (Lipinski definition) is 22. The Balaban J connectivity index is 0.000000957. The van der Waals surface area contributed by atoms with Crippen LogP contribution in [0.5, 0.6) is 0 Å². The van der Waals surface area contributed by atoms with E-state index in [1.807, 2.05) is 63.5 Å². The van der Waals surface area contributed by atoms with Gasteiger partial charge in [-0.15, -0.1) is 0 Å². The largest absolute Gasteiger partial charge is 0.461 e. The second-order valence-corrected chi connectivity index (χ2v) is 24.4. The molecule has 0 radical (unpaired) electrons. The van der Waals surface area contributed by atoms with Crippen molar-refractivity contribution >= 4 is 17.7 Å². The van der Waals surface area contributed by atoms with Crippen molar-refractivity contribution in [2.45, 2.75) is 296 Å². The zero-order valence-electron chi connectivity index (χ0n) is 56.6. The van der Waals surface area contributed by atoms with Crippen molar-refractivity contribution < 1.29 is 48.7 Å². The Kier molecular flexibility index (Phi) is 54.2. The lowest BCUT2D eigenvalue weighted by Gasteiger charge is -2.30. The van der Waals surface area contributed by atoms with E-state index in [2.05, 4.69) is 52.4 Å². The number of carbonyl (C=O) groups excluding carboxylic acids is 2. The molecule has 0 amide bonds. The van der Waals surface area contributed by atoms with Gasteiger partial charge in [-0.25, -0.2) is 0 Å². The summed E-state index contributed by atoms with van der Waals surface area (Å²) in [6, 6.07) is 4.96. The van der Waals surface area contributed by atoms with E-state index < -0.39 is 0 Å². The molecule has 8 aliphatic carbocycles. The highest BCUT2D eigenvalue weighted by Crippen LogP contribution is 2.24. The lowest BCUT2D eigenvalue weighted by atomic mass is 9.92. The zero-order valence-corrected chi connectivity index (χ0v) is 56.6. The Morgan fingerprint density at radius 1 is 0.442 bits per heavy atom. The van der Waals surface area contributed by atoms with Crippen molar-refractivity contribution in [1.82, 2.24) is 42.5 Å². The summed E-state index contributed by atoms with van der Waals surface area (Å²) in [5.41, 5.74) is 17.0. The van der Waals surface area contributed by atoms with Crippen molar-refractivity contribution in [3.8, 4) is 0 Å². The molecule has 17 N–H and O–H groups in total. The number of likely N-dealkylation sites (N-methyl/N-ethyl adjacent to an activating group) is 3. The van der Waals surface area contributed by atoms with Gasteiger partial charge in [0.05, 0.1) is 43.2 Å². The highest BCUT2D eigenvalue weighted by molar-refractivity contribution is 5.84. The summed E-state index contributed by atoms with van der Waals surface area (Å²) in [6.07, 6.45) is 37.6. The Hall–Kier alpha value is -2.23. The maximum absolute atomic E-state index is 11.0. The van der Waals surface area contributed by atoms with E-state index in [4.69, 9.17) is 41.4 Å². The van der Waals surface area contributed by atoms with E-state index in [-0.39, 0.29) is 49.4 Å². The van der Waals surface area contributed by atoms with Gasteiger partial charge in [-0.3, -0.25) is 9.59 Å². The van der Waals surface area contributed by atoms with Crippen LogP contribution in [0, 0.1) is 0 Å². The van der Waals surface area contributed by atoms with Gasteiger partial charge < -0.3 is 98.8 Å². The fourth-order valence-corrected chi connectivity index (χ4v) is 12.4. The second kappa shape index (κ2) is 55.6. The van der Waals surface area contributed by atoms with Crippen LogP contribution in [0.15, 0.2) is 5.16 Å². The number of nitrogens with one attached hydrogen (secondary N) is 8. The first-order chi connectivity index (χ1) is 41.5. The number of oxime groups is 1. The smallest absolute Gasteiger partial charge is 0.320 e. The number of aliphatic hydroxyl groups is 2. The van der Waals surface area contributed by atoms with Crippen molar-refractivity contribution in [2.75, 3.05) is 97.9 Å². The molecule has 512 valence electrons. The quantitative estimate of drug-likeness (QED) is 0.0611. The number of nitrogens with zero attached hydrogens (tertiary/aromatic N) is 1. The standard InChI is InChI=1S/2C9H18N2O2.2C8H17NO.C7H14N2O.C7H16N2.2C7H15NO.C2H6O/c1-11-7-2-4-8(5-3-7)13-9(12)6-10;1-11-7-4-2-3-5-8(7)13-9(12)6-10;1-9-7-4-3-5-8(6-7)10-2;1-9-7-5-3-4-6-8(7)10-2;1-8-6-2-4-7(9-10)5-3-6;1-9-7-4-2-6(8)3-5-7;1-8-6-3-2-4-7(9)5-6;1-8-6-4-2-3-5-7(6)9;1-3-2/h2*7-8,11H,2-6,10H2,1H3;2*7-9H,3-6H2,1-2H3;6,8,10H,2-5H2,1H3;6-7,9H,2-5,8H2,1H3;2*6-9H,2-5H2,1H3;1-2H3. The van der Waals surface area contributed by atoms with Gasteiger partial charge in [-0.1, -0.05) is 37.3 Å². The van der Waals surface area contributed by atoms with Crippen LogP contribution >= 0.6 is 0 Å². The predicted molar refractivity (Wildman–Crippen MR) is 352 cm³/mol. The molecule has 0 aromatic heterocycles. The van der Waals surface area contributed by atoms with Crippen LogP contribution < -0.4 is 59.7 Å². The van der Waals surface area contributed by atoms with Gasteiger partial charge in [0, 0.05) is 82.8 Å². The average molecular weight is 1230 g/mol. The molecule has 0 aliphatic heterocycles. The molecule has 8 saturated carbocycles. The lowest BCUT2D eigenvalue weighted by Crippen LogP contribution is -2.43. The van der Waals surface area contributed by atoms with Crippen molar-refractivity contribution in [1.29, 1.82) is 0 Å². The molecule has 10 unspecified atom stereocenters. The molecule has 0 heterocycles. The third-order valence-corrected chi connectivity index (χ3v) is 18.3. The van der Waals surface area contributed by atoms with Crippen LogP contribution in [-0.2, 0) is 33.3 Å². The highest BCUT2D eigenvalue weighted by atomic mass is 16.5. The minimum Gasteiger partial charge on any atom is -0.461 e. The summed E-state index contributed by atoms with van der Waals surface area (Å²) in [5, 5.41) is 55.8. The van der Waals surface area contributed by atoms with Crippen LogP contribution in [0.3, 0.4) is 0 Å². The van der Waals surface area contributed by atoms with Crippen molar-refractivity contribution in [3.05, 3.63) is 0 Å². The van der Waals surface area contributed by atoms with E-state index in [1.54, 1.807) is 21.3 Å². The Morgan fingerprint density at radius 2 is 0.860 bits per heavy atom. The van der Waals surface area contributed by atoms with Crippen LogP contribution in [0.1, 0.15) is 205 Å². The molecule has 0 aromatic carbocycles. The zero-order chi connectivity index (χ0) is 64.3. The van der Waals surface area contributed by atoms with Gasteiger partial charge >= 0.3 is 11.9 Å². The van der Waals surface area contributed by atoms with Gasteiger partial charge in [0.1, 0.15) is 12.2 Å². The van der Waals surface area contributed by atoms with Crippen LogP contribution in [0.4, 0.5) is 0 Å². The summed E-state index contributed by atoms with van der Waals surface area (Å²) < 4.78 is 25.2. The Morgan fingerprint density at radius 3 is 1.27 bits per heavy atom. The van der Waals surface area contributed by atoms with Gasteiger partial charge in [-0.05, 0) is 230 Å². The number of hydrogen-bond donors (Lipinski definition) is 14. The maximum atomic E-state index is 11.0. The molecule has 86 heavy (non-hydrogen) atoms. The van der Waals surface area contributed by atoms with E-state index in [0.717, 1.165) is 108 Å². The topological polar surface area (TPSA) is 328 Å². The number of ether oxygens (including phenoxy) is 5. The minimum atomic E-state index is -0.299. The minimum absolute atomic E-state index is 0.00798. The molecule has 8 fully saturated rings. The van der Waals surface area contributed by atoms with Crippen LogP contribution in [0.2, 0.25) is 0 Å². The third kappa shape index (κ3) is 40.5. The number of methoxy groups -OCH3 is 3. The molecule has 10 atom stereocenters. The maximum Gasteiger partial charge on any atom is 0.320 e.